The first kappa shape index (κ1) is 61.1. The molecule has 1 amide bonds. The van der Waals surface area contributed by atoms with Crippen molar-refractivity contribution in [3.63, 3.8) is 0 Å². The van der Waals surface area contributed by atoms with E-state index in [1.165, 1.54) is 283 Å². The van der Waals surface area contributed by atoms with E-state index in [4.69, 9.17) is 0 Å². The van der Waals surface area contributed by atoms with Crippen LogP contribution in [0.5, 0.6) is 0 Å². The highest BCUT2D eigenvalue weighted by Crippen LogP contribution is 2.18. The van der Waals surface area contributed by atoms with E-state index in [1.807, 2.05) is 0 Å². The van der Waals surface area contributed by atoms with Crippen molar-refractivity contribution >= 4 is 5.91 Å². The number of unbranched alkanes of at least 4 members (excludes halogenated alkanes) is 45. The molecule has 0 aliphatic carbocycles. The molecule has 0 aliphatic rings. The van der Waals surface area contributed by atoms with Gasteiger partial charge in [-0.1, -0.05) is 302 Å². The third-order valence-corrected chi connectivity index (χ3v) is 13.8. The van der Waals surface area contributed by atoms with Gasteiger partial charge in [0.05, 0.1) is 18.8 Å². The molecule has 0 aromatic carbocycles. The second-order valence-corrected chi connectivity index (χ2v) is 20.1. The molecule has 2 unspecified atom stereocenters. The molecule has 4 nitrogen and oxygen atoms in total. The Morgan fingerprint density at radius 3 is 0.887 bits per heavy atom. The van der Waals surface area contributed by atoms with E-state index < -0.39 is 12.1 Å². The highest BCUT2D eigenvalue weighted by molar-refractivity contribution is 5.76. The van der Waals surface area contributed by atoms with Gasteiger partial charge < -0.3 is 15.5 Å². The molecule has 0 fully saturated rings. The van der Waals surface area contributed by atoms with E-state index in [-0.39, 0.29) is 12.5 Å². The molecule has 0 saturated heterocycles. The van der Waals surface area contributed by atoms with Gasteiger partial charge in [0.1, 0.15) is 0 Å². The third-order valence-electron chi connectivity index (χ3n) is 13.8. The molecular weight excluding hydrogens is 759 g/mol. The largest absolute Gasteiger partial charge is 0.394 e. The summed E-state index contributed by atoms with van der Waals surface area (Å²) < 4.78 is 0. The lowest BCUT2D eigenvalue weighted by atomic mass is 10.0. The Morgan fingerprint density at radius 2 is 0.613 bits per heavy atom. The van der Waals surface area contributed by atoms with Crippen LogP contribution in [0.2, 0.25) is 0 Å². The van der Waals surface area contributed by atoms with Crippen LogP contribution in [0.15, 0.2) is 12.2 Å². The smallest absolute Gasteiger partial charge is 0.220 e. The minimum Gasteiger partial charge on any atom is -0.394 e. The van der Waals surface area contributed by atoms with E-state index in [2.05, 4.69) is 31.3 Å². The average Bonchev–Trinajstić information content (AvgIpc) is 3.28. The minimum absolute atomic E-state index is 0.0242. The van der Waals surface area contributed by atoms with Crippen molar-refractivity contribution < 1.29 is 15.0 Å². The molecule has 0 heterocycles. The van der Waals surface area contributed by atoms with Crippen molar-refractivity contribution in [2.75, 3.05) is 6.61 Å². The maximum Gasteiger partial charge on any atom is 0.220 e. The standard InChI is InChI=1S/C58H115NO3/c1-3-5-7-9-11-13-15-17-19-21-23-24-25-26-27-28-29-30-31-32-33-34-36-38-40-42-44-46-48-50-52-54-58(62)59-56(55-60)57(61)53-51-49-47-45-43-41-39-37-35-22-20-18-16-14-12-10-8-6-4-2/h26-27,56-57,60-61H,3-25,28-55H2,1-2H3,(H,59,62)/b27-26-. The number of amides is 1. The summed E-state index contributed by atoms with van der Waals surface area (Å²) in [7, 11) is 0. The molecule has 0 aliphatic heterocycles. The Morgan fingerprint density at radius 1 is 0.371 bits per heavy atom. The quantitative estimate of drug-likeness (QED) is 0.0421. The number of nitrogens with one attached hydrogen (secondary N) is 1. The maximum absolute atomic E-state index is 12.5. The molecule has 0 radical (unpaired) electrons. The zero-order valence-corrected chi connectivity index (χ0v) is 42.7. The maximum atomic E-state index is 12.5. The summed E-state index contributed by atoms with van der Waals surface area (Å²) in [5, 5.41) is 23.3. The predicted molar refractivity (Wildman–Crippen MR) is 276 cm³/mol. The predicted octanol–water partition coefficient (Wildman–Crippen LogP) is 18.9. The molecule has 0 aromatic rings. The lowest BCUT2D eigenvalue weighted by Crippen LogP contribution is -2.45. The number of aliphatic hydroxyl groups excluding tert-OH is 2. The number of hydrogen-bond acceptors (Lipinski definition) is 3. The van der Waals surface area contributed by atoms with Gasteiger partial charge in [0.15, 0.2) is 0 Å². The van der Waals surface area contributed by atoms with Gasteiger partial charge in [0.25, 0.3) is 0 Å². The zero-order chi connectivity index (χ0) is 44.9. The first-order valence-corrected chi connectivity index (χ1v) is 28.9. The van der Waals surface area contributed by atoms with Crippen molar-refractivity contribution in [2.24, 2.45) is 0 Å². The minimum atomic E-state index is -0.657. The second kappa shape index (κ2) is 54.5. The Hall–Kier alpha value is -0.870. The van der Waals surface area contributed by atoms with Crippen molar-refractivity contribution in [1.82, 2.24) is 5.32 Å². The van der Waals surface area contributed by atoms with Crippen LogP contribution in [-0.2, 0) is 4.79 Å². The number of carbonyl (C=O) groups is 1. The topological polar surface area (TPSA) is 69.6 Å². The Kier molecular flexibility index (Phi) is 53.7. The first-order valence-electron chi connectivity index (χ1n) is 28.9. The van der Waals surface area contributed by atoms with Gasteiger partial charge in [-0.25, -0.2) is 0 Å². The lowest BCUT2D eigenvalue weighted by molar-refractivity contribution is -0.123. The Bertz CT molecular complexity index is 860. The van der Waals surface area contributed by atoms with Crippen molar-refractivity contribution in [3.8, 4) is 0 Å². The molecule has 0 aromatic heterocycles. The van der Waals surface area contributed by atoms with Crippen molar-refractivity contribution in [2.45, 2.75) is 347 Å². The second-order valence-electron chi connectivity index (χ2n) is 20.1. The van der Waals surface area contributed by atoms with Gasteiger partial charge in [0, 0.05) is 6.42 Å². The summed E-state index contributed by atoms with van der Waals surface area (Å²) >= 11 is 0. The summed E-state index contributed by atoms with van der Waals surface area (Å²) in [5.74, 6) is -0.0242. The van der Waals surface area contributed by atoms with Crippen LogP contribution in [0.4, 0.5) is 0 Å². The lowest BCUT2D eigenvalue weighted by Gasteiger charge is -2.22. The van der Waals surface area contributed by atoms with Gasteiger partial charge in [0.2, 0.25) is 5.91 Å². The van der Waals surface area contributed by atoms with Crippen molar-refractivity contribution in [1.29, 1.82) is 0 Å². The molecule has 4 heteroatoms. The van der Waals surface area contributed by atoms with Gasteiger partial charge >= 0.3 is 0 Å². The molecule has 0 saturated carbocycles. The molecule has 0 spiro atoms. The van der Waals surface area contributed by atoms with E-state index in [0.29, 0.717) is 12.8 Å². The molecule has 370 valence electrons. The third kappa shape index (κ3) is 50.1. The van der Waals surface area contributed by atoms with E-state index in [1.54, 1.807) is 0 Å². The molecule has 0 bridgehead atoms. The number of allylic oxidation sites excluding steroid dienone is 2. The van der Waals surface area contributed by atoms with Crippen LogP contribution in [0.1, 0.15) is 335 Å². The summed E-state index contributed by atoms with van der Waals surface area (Å²) in [4.78, 5) is 12.5. The van der Waals surface area contributed by atoms with Crippen LogP contribution in [0.3, 0.4) is 0 Å². The SMILES string of the molecule is CCCCCCCCCCCCCC/C=C\CCCCCCCCCCCCCCCCCC(=O)NC(CO)C(O)CCCCCCCCCCCCCCCCCCCCC. The molecule has 3 N–H and O–H groups in total. The van der Waals surface area contributed by atoms with Gasteiger partial charge in [-0.2, -0.15) is 0 Å². The summed E-state index contributed by atoms with van der Waals surface area (Å²) in [5.41, 5.74) is 0. The number of rotatable bonds is 54. The zero-order valence-electron chi connectivity index (χ0n) is 42.7. The van der Waals surface area contributed by atoms with E-state index in [0.717, 1.165) is 25.7 Å². The number of aliphatic hydroxyl groups is 2. The first-order chi connectivity index (χ1) is 30.7. The fraction of sp³-hybridized carbons (Fsp3) is 0.948. The molecular formula is C58H115NO3. The van der Waals surface area contributed by atoms with Crippen LogP contribution >= 0.6 is 0 Å². The summed E-state index contributed by atoms with van der Waals surface area (Å²) in [6, 6.07) is -0.533. The van der Waals surface area contributed by atoms with E-state index in [9.17, 15) is 15.0 Å². The van der Waals surface area contributed by atoms with Gasteiger partial charge in [-0.05, 0) is 38.5 Å². The van der Waals surface area contributed by atoms with Gasteiger partial charge in [-0.3, -0.25) is 4.79 Å². The number of hydrogen-bond donors (Lipinski definition) is 3. The fourth-order valence-corrected chi connectivity index (χ4v) is 9.36. The molecule has 62 heavy (non-hydrogen) atoms. The normalized spacial score (nSPS) is 12.8. The Balaban J connectivity index is 3.40. The van der Waals surface area contributed by atoms with Crippen LogP contribution in [0.25, 0.3) is 0 Å². The fourth-order valence-electron chi connectivity index (χ4n) is 9.36. The highest BCUT2D eigenvalue weighted by Gasteiger charge is 2.20. The monoisotopic (exact) mass is 874 g/mol. The number of carbonyl (C=O) groups excluding carboxylic acids is 1. The molecule has 2 atom stereocenters. The van der Waals surface area contributed by atoms with Crippen LogP contribution in [-0.4, -0.2) is 34.9 Å². The van der Waals surface area contributed by atoms with Crippen molar-refractivity contribution in [3.05, 3.63) is 12.2 Å². The van der Waals surface area contributed by atoms with E-state index >= 15 is 0 Å². The molecule has 0 rings (SSSR count). The van der Waals surface area contributed by atoms with Crippen LogP contribution < -0.4 is 5.32 Å². The van der Waals surface area contributed by atoms with Gasteiger partial charge in [-0.15, -0.1) is 0 Å². The highest BCUT2D eigenvalue weighted by atomic mass is 16.3. The van der Waals surface area contributed by atoms with Crippen LogP contribution in [0, 0.1) is 0 Å². The average molecular weight is 875 g/mol. The summed E-state index contributed by atoms with van der Waals surface area (Å²) in [6.45, 7) is 4.40. The Labute approximate surface area is 390 Å². The summed E-state index contributed by atoms with van der Waals surface area (Å²) in [6.07, 6.45) is 70.7.